The van der Waals surface area contributed by atoms with Crippen molar-refractivity contribution in [3.63, 3.8) is 0 Å². The third kappa shape index (κ3) is 5.01. The predicted molar refractivity (Wildman–Crippen MR) is 139 cm³/mol. The number of nitriles is 1. The molecule has 10 heteroatoms. The molecule has 4 rings (SSSR count). The van der Waals surface area contributed by atoms with Crippen LogP contribution in [0.25, 0.3) is 22.0 Å². The minimum atomic E-state index is -0.975. The van der Waals surface area contributed by atoms with E-state index in [-0.39, 0.29) is 11.9 Å². The van der Waals surface area contributed by atoms with Crippen molar-refractivity contribution in [2.45, 2.75) is 19.5 Å². The molecule has 0 unspecified atom stereocenters. The Morgan fingerprint density at radius 1 is 1.19 bits per heavy atom. The largest absolute Gasteiger partial charge is 0.493 e. The Bertz CT molecular complexity index is 1460. The van der Waals surface area contributed by atoms with Crippen LogP contribution >= 0.6 is 11.3 Å². The Balaban J connectivity index is 1.66. The van der Waals surface area contributed by atoms with E-state index in [1.807, 2.05) is 37.3 Å². The molecule has 0 spiro atoms. The normalized spacial score (nSPS) is 11.5. The number of carboxylic acid groups (broad SMARTS) is 1. The van der Waals surface area contributed by atoms with Crippen LogP contribution in [0.5, 0.6) is 11.5 Å². The van der Waals surface area contributed by atoms with E-state index in [0.717, 1.165) is 21.6 Å². The molecule has 0 bridgehead atoms. The van der Waals surface area contributed by atoms with Crippen LogP contribution in [0.15, 0.2) is 47.8 Å². The van der Waals surface area contributed by atoms with E-state index in [0.29, 0.717) is 34.8 Å². The number of anilines is 1. The minimum Gasteiger partial charge on any atom is -0.493 e. The van der Waals surface area contributed by atoms with E-state index in [9.17, 15) is 15.2 Å². The highest BCUT2D eigenvalue weighted by atomic mass is 32.1. The Kier molecular flexibility index (Phi) is 7.22. The van der Waals surface area contributed by atoms with Gasteiger partial charge in [-0.05, 0) is 41.1 Å². The fraction of sp³-hybridized carbons (Fsp3) is 0.231. The first-order valence-electron chi connectivity index (χ1n) is 11.1. The third-order valence-electron chi connectivity index (χ3n) is 5.76. The number of methoxy groups -OCH3 is 2. The summed E-state index contributed by atoms with van der Waals surface area (Å²) in [7, 11) is 4.66. The average Bonchev–Trinajstić information content (AvgIpc) is 3.38. The van der Waals surface area contributed by atoms with Gasteiger partial charge in [0.1, 0.15) is 11.9 Å². The zero-order valence-corrected chi connectivity index (χ0v) is 21.1. The number of ether oxygens (including phenoxy) is 2. The highest BCUT2D eigenvalue weighted by molar-refractivity contribution is 7.10. The summed E-state index contributed by atoms with van der Waals surface area (Å²) in [4.78, 5) is 22.3. The first-order chi connectivity index (χ1) is 17.3. The molecule has 9 nitrogen and oxygen atoms in total. The number of carbonyl (C=O) groups is 1. The van der Waals surface area contributed by atoms with Crippen molar-refractivity contribution in [2.75, 3.05) is 26.6 Å². The number of hydrogen-bond donors (Lipinski definition) is 2. The number of amides is 1. The molecule has 1 amide bonds. The van der Waals surface area contributed by atoms with Gasteiger partial charge in [0.2, 0.25) is 5.82 Å². The molecule has 184 valence electrons. The summed E-state index contributed by atoms with van der Waals surface area (Å²) in [5, 5.41) is 24.9. The molecule has 4 aromatic rings. The fourth-order valence-corrected chi connectivity index (χ4v) is 4.79. The van der Waals surface area contributed by atoms with Gasteiger partial charge >= 0.3 is 6.09 Å². The maximum Gasteiger partial charge on any atom is 0.407 e. The number of benzene rings is 2. The lowest BCUT2D eigenvalue weighted by Crippen LogP contribution is -2.24. The van der Waals surface area contributed by atoms with Gasteiger partial charge in [0, 0.05) is 29.9 Å². The van der Waals surface area contributed by atoms with Gasteiger partial charge in [-0.1, -0.05) is 24.3 Å². The van der Waals surface area contributed by atoms with E-state index in [1.54, 1.807) is 44.7 Å². The number of fused-ring (bicyclic) bond motifs is 1. The fourth-order valence-electron chi connectivity index (χ4n) is 3.88. The standard InChI is InChI=1S/C26H25N5O4S/c1-15(23-9-17(14-36-23)18-8-6-5-7-16(18)13-31(2)26(32)33)28-25-19-10-21(34-3)22(35-4)11-20(19)29-24(12-27)30-25/h5-11,14-15H,13H2,1-4H3,(H,32,33)(H,28,29,30)/t15-/m1/s1. The Hall–Kier alpha value is -4.36. The molecule has 0 fully saturated rings. The summed E-state index contributed by atoms with van der Waals surface area (Å²) < 4.78 is 10.8. The number of hydrogen-bond acceptors (Lipinski definition) is 8. The Labute approximate surface area is 212 Å². The quantitative estimate of drug-likeness (QED) is 0.322. The number of thiophene rings is 1. The van der Waals surface area contributed by atoms with E-state index < -0.39 is 6.09 Å². The van der Waals surface area contributed by atoms with Crippen LogP contribution in [0, 0.1) is 11.3 Å². The lowest BCUT2D eigenvalue weighted by molar-refractivity contribution is 0.154. The van der Waals surface area contributed by atoms with Gasteiger partial charge < -0.3 is 24.8 Å². The molecule has 2 aromatic heterocycles. The molecule has 2 N–H and O–H groups in total. The summed E-state index contributed by atoms with van der Waals surface area (Å²) in [6.45, 7) is 2.31. The van der Waals surface area contributed by atoms with Gasteiger partial charge in [0.05, 0.1) is 25.8 Å². The molecule has 0 aliphatic carbocycles. The summed E-state index contributed by atoms with van der Waals surface area (Å²) in [5.74, 6) is 1.62. The predicted octanol–water partition coefficient (Wildman–Crippen LogP) is 5.53. The molecular weight excluding hydrogens is 478 g/mol. The van der Waals surface area contributed by atoms with Crippen LogP contribution in [0.3, 0.4) is 0 Å². The van der Waals surface area contributed by atoms with Gasteiger partial charge in [-0.3, -0.25) is 0 Å². The van der Waals surface area contributed by atoms with Crippen LogP contribution in [0.2, 0.25) is 0 Å². The second kappa shape index (κ2) is 10.5. The van der Waals surface area contributed by atoms with Crippen LogP contribution in [0.1, 0.15) is 29.2 Å². The van der Waals surface area contributed by atoms with Crippen molar-refractivity contribution < 1.29 is 19.4 Å². The molecule has 0 aliphatic heterocycles. The summed E-state index contributed by atoms with van der Waals surface area (Å²) >= 11 is 1.59. The van der Waals surface area contributed by atoms with Gasteiger partial charge in [-0.15, -0.1) is 11.3 Å². The van der Waals surface area contributed by atoms with E-state index in [1.165, 1.54) is 4.90 Å². The van der Waals surface area contributed by atoms with Crippen molar-refractivity contribution in [2.24, 2.45) is 0 Å². The molecule has 1 atom stereocenters. The van der Waals surface area contributed by atoms with Crippen molar-refractivity contribution in [1.29, 1.82) is 5.26 Å². The average molecular weight is 504 g/mol. The topological polar surface area (TPSA) is 121 Å². The zero-order chi connectivity index (χ0) is 25.8. The molecular formula is C26H25N5O4S. The number of rotatable bonds is 8. The summed E-state index contributed by atoms with van der Waals surface area (Å²) in [6.07, 6.45) is -0.975. The molecule has 0 saturated carbocycles. The first-order valence-corrected chi connectivity index (χ1v) is 11.9. The maximum absolute atomic E-state index is 11.3. The lowest BCUT2D eigenvalue weighted by atomic mass is 10.0. The van der Waals surface area contributed by atoms with Crippen LogP contribution in [-0.4, -0.2) is 47.3 Å². The highest BCUT2D eigenvalue weighted by Gasteiger charge is 2.18. The molecule has 0 saturated heterocycles. The molecule has 2 aromatic carbocycles. The lowest BCUT2D eigenvalue weighted by Gasteiger charge is -2.17. The number of nitrogens with zero attached hydrogens (tertiary/aromatic N) is 4. The number of aromatic nitrogens is 2. The maximum atomic E-state index is 11.3. The smallest absolute Gasteiger partial charge is 0.407 e. The van der Waals surface area contributed by atoms with Crippen molar-refractivity contribution >= 4 is 34.2 Å². The highest BCUT2D eigenvalue weighted by Crippen LogP contribution is 2.37. The third-order valence-corrected chi connectivity index (χ3v) is 6.88. The second-order valence-electron chi connectivity index (χ2n) is 8.13. The zero-order valence-electron chi connectivity index (χ0n) is 20.3. The summed E-state index contributed by atoms with van der Waals surface area (Å²) in [5.41, 5.74) is 3.48. The van der Waals surface area contributed by atoms with Crippen molar-refractivity contribution in [3.8, 4) is 28.7 Å². The van der Waals surface area contributed by atoms with Crippen LogP contribution in [0.4, 0.5) is 10.6 Å². The SMILES string of the molecule is COc1cc2nc(C#N)nc(N[C@H](C)c3cc(-c4ccccc4CN(C)C(=O)O)cs3)c2cc1OC. The molecule has 2 heterocycles. The summed E-state index contributed by atoms with van der Waals surface area (Å²) in [6, 6.07) is 15.3. The van der Waals surface area contributed by atoms with Crippen molar-refractivity contribution in [1.82, 2.24) is 14.9 Å². The van der Waals surface area contributed by atoms with Gasteiger partial charge in [0.25, 0.3) is 0 Å². The van der Waals surface area contributed by atoms with Gasteiger partial charge in [-0.25, -0.2) is 14.8 Å². The van der Waals surface area contributed by atoms with E-state index in [2.05, 4.69) is 26.7 Å². The molecule has 0 aliphatic rings. The monoisotopic (exact) mass is 503 g/mol. The number of nitrogens with one attached hydrogen (secondary N) is 1. The Morgan fingerprint density at radius 3 is 2.61 bits per heavy atom. The second-order valence-corrected chi connectivity index (χ2v) is 9.07. The van der Waals surface area contributed by atoms with Crippen LogP contribution < -0.4 is 14.8 Å². The minimum absolute atomic E-state index is 0.0489. The molecule has 36 heavy (non-hydrogen) atoms. The van der Waals surface area contributed by atoms with E-state index >= 15 is 0 Å². The van der Waals surface area contributed by atoms with Crippen LogP contribution in [-0.2, 0) is 6.54 Å². The van der Waals surface area contributed by atoms with Crippen molar-refractivity contribution in [3.05, 3.63) is 64.1 Å². The van der Waals surface area contributed by atoms with E-state index in [4.69, 9.17) is 9.47 Å². The van der Waals surface area contributed by atoms with Gasteiger partial charge in [0.15, 0.2) is 11.5 Å². The first kappa shape index (κ1) is 24.8. The Morgan fingerprint density at radius 2 is 1.92 bits per heavy atom. The van der Waals surface area contributed by atoms with Gasteiger partial charge in [-0.2, -0.15) is 5.26 Å². The molecule has 0 radical (unpaired) electrons.